The van der Waals surface area contributed by atoms with Gasteiger partial charge in [0.15, 0.2) is 5.82 Å². The van der Waals surface area contributed by atoms with Crippen LogP contribution >= 0.6 is 11.3 Å². The number of benzene rings is 1. The minimum Gasteiger partial charge on any atom is -0.339 e. The molecule has 0 aliphatic carbocycles. The fourth-order valence-electron chi connectivity index (χ4n) is 2.50. The molecule has 0 fully saturated rings. The van der Waals surface area contributed by atoms with Gasteiger partial charge in [-0.15, -0.1) is 11.3 Å². The molecule has 0 atom stereocenters. The molecule has 0 aliphatic heterocycles. The van der Waals surface area contributed by atoms with E-state index in [1.807, 2.05) is 25.3 Å². The molecule has 0 saturated heterocycles. The van der Waals surface area contributed by atoms with Crippen LogP contribution in [0.5, 0.6) is 0 Å². The molecule has 3 aromatic rings. The number of thiophene rings is 1. The van der Waals surface area contributed by atoms with Gasteiger partial charge in [-0.3, -0.25) is 9.59 Å². The van der Waals surface area contributed by atoms with Gasteiger partial charge in [0, 0.05) is 30.1 Å². The first kappa shape index (κ1) is 19.8. The van der Waals surface area contributed by atoms with Gasteiger partial charge in [-0.05, 0) is 36.1 Å². The van der Waals surface area contributed by atoms with Crippen molar-refractivity contribution in [2.24, 2.45) is 0 Å². The third-order valence-electron chi connectivity index (χ3n) is 3.94. The van der Waals surface area contributed by atoms with Crippen molar-refractivity contribution in [2.45, 2.75) is 39.0 Å². The van der Waals surface area contributed by atoms with E-state index in [9.17, 15) is 9.59 Å². The number of hydrogen-bond acceptors (Lipinski definition) is 6. The molecular weight excluding hydrogens is 376 g/mol. The Morgan fingerprint density at radius 1 is 1.14 bits per heavy atom. The van der Waals surface area contributed by atoms with Crippen LogP contribution in [0.2, 0.25) is 0 Å². The molecule has 1 aromatic carbocycles. The highest BCUT2D eigenvalue weighted by atomic mass is 32.1. The topological polar surface area (TPSA) is 97.1 Å². The fourth-order valence-corrected chi connectivity index (χ4v) is 3.12. The summed E-state index contributed by atoms with van der Waals surface area (Å²) in [4.78, 5) is 29.2. The summed E-state index contributed by atoms with van der Waals surface area (Å²) in [6.07, 6.45) is 1.51. The molecule has 2 N–H and O–H groups in total. The second-order valence-electron chi connectivity index (χ2n) is 6.61. The van der Waals surface area contributed by atoms with Crippen molar-refractivity contribution >= 4 is 34.5 Å². The SMILES string of the molecule is CC(C)c1noc(CCCC(=O)Nc2cccc(NC(=O)c3cccs3)c2)n1. The van der Waals surface area contributed by atoms with Crippen LogP contribution in [0.25, 0.3) is 0 Å². The lowest BCUT2D eigenvalue weighted by Crippen LogP contribution is -2.13. The molecule has 0 unspecified atom stereocenters. The molecule has 8 heteroatoms. The molecule has 7 nitrogen and oxygen atoms in total. The van der Waals surface area contributed by atoms with Crippen molar-refractivity contribution in [1.82, 2.24) is 10.1 Å². The zero-order valence-electron chi connectivity index (χ0n) is 15.8. The number of nitrogens with zero attached hydrogens (tertiary/aromatic N) is 2. The third-order valence-corrected chi connectivity index (χ3v) is 4.81. The van der Waals surface area contributed by atoms with Gasteiger partial charge < -0.3 is 15.2 Å². The van der Waals surface area contributed by atoms with Gasteiger partial charge in [-0.25, -0.2) is 0 Å². The Balaban J connectivity index is 1.47. The Morgan fingerprint density at radius 3 is 2.61 bits per heavy atom. The maximum absolute atomic E-state index is 12.2. The monoisotopic (exact) mass is 398 g/mol. The molecule has 0 aliphatic rings. The maximum atomic E-state index is 12.2. The van der Waals surface area contributed by atoms with E-state index in [2.05, 4.69) is 20.8 Å². The number of rotatable bonds is 8. The summed E-state index contributed by atoms with van der Waals surface area (Å²) in [5.74, 6) is 1.17. The minimum atomic E-state index is -0.168. The highest BCUT2D eigenvalue weighted by molar-refractivity contribution is 7.12. The summed E-state index contributed by atoms with van der Waals surface area (Å²) in [7, 11) is 0. The van der Waals surface area contributed by atoms with E-state index in [1.54, 1.807) is 30.3 Å². The quantitative estimate of drug-likeness (QED) is 0.583. The van der Waals surface area contributed by atoms with Crippen molar-refractivity contribution < 1.29 is 14.1 Å². The third kappa shape index (κ3) is 5.50. The van der Waals surface area contributed by atoms with Crippen LogP contribution in [0.4, 0.5) is 11.4 Å². The molecule has 0 radical (unpaired) electrons. The highest BCUT2D eigenvalue weighted by Crippen LogP contribution is 2.18. The molecular formula is C20H22N4O3S. The average molecular weight is 398 g/mol. The molecule has 146 valence electrons. The van der Waals surface area contributed by atoms with Gasteiger partial charge in [-0.1, -0.05) is 31.1 Å². The number of carbonyl (C=O) groups is 2. The first-order valence-electron chi connectivity index (χ1n) is 9.08. The summed E-state index contributed by atoms with van der Waals surface area (Å²) in [6, 6.07) is 10.7. The number of nitrogens with one attached hydrogen (secondary N) is 2. The van der Waals surface area contributed by atoms with E-state index in [-0.39, 0.29) is 17.7 Å². The second-order valence-corrected chi connectivity index (χ2v) is 7.56. The molecule has 3 rings (SSSR count). The van der Waals surface area contributed by atoms with E-state index in [0.29, 0.717) is 47.2 Å². The van der Waals surface area contributed by atoms with E-state index in [0.717, 1.165) is 0 Å². The van der Waals surface area contributed by atoms with Crippen molar-refractivity contribution in [2.75, 3.05) is 10.6 Å². The lowest BCUT2D eigenvalue weighted by molar-refractivity contribution is -0.116. The van der Waals surface area contributed by atoms with Crippen LogP contribution in [0.3, 0.4) is 0 Å². The van der Waals surface area contributed by atoms with Crippen LogP contribution in [-0.2, 0) is 11.2 Å². The van der Waals surface area contributed by atoms with Crippen molar-refractivity contribution in [1.29, 1.82) is 0 Å². The number of anilines is 2. The van der Waals surface area contributed by atoms with Gasteiger partial charge in [0.25, 0.3) is 5.91 Å². The van der Waals surface area contributed by atoms with Crippen molar-refractivity contribution in [3.8, 4) is 0 Å². The van der Waals surface area contributed by atoms with Gasteiger partial charge in [-0.2, -0.15) is 4.98 Å². The van der Waals surface area contributed by atoms with Gasteiger partial charge in [0.2, 0.25) is 11.8 Å². The fraction of sp³-hybridized carbons (Fsp3) is 0.300. The van der Waals surface area contributed by atoms with Gasteiger partial charge in [0.1, 0.15) is 0 Å². The Morgan fingerprint density at radius 2 is 1.93 bits per heavy atom. The molecule has 2 heterocycles. The maximum Gasteiger partial charge on any atom is 0.265 e. The predicted octanol–water partition coefficient (Wildman–Crippen LogP) is 4.47. The van der Waals surface area contributed by atoms with Gasteiger partial charge in [0.05, 0.1) is 4.88 Å². The summed E-state index contributed by atoms with van der Waals surface area (Å²) in [5, 5.41) is 11.4. The highest BCUT2D eigenvalue weighted by Gasteiger charge is 2.11. The van der Waals surface area contributed by atoms with E-state index >= 15 is 0 Å². The van der Waals surface area contributed by atoms with E-state index in [1.165, 1.54) is 11.3 Å². The van der Waals surface area contributed by atoms with Gasteiger partial charge >= 0.3 is 0 Å². The average Bonchev–Trinajstić information content (AvgIpc) is 3.34. The zero-order valence-corrected chi connectivity index (χ0v) is 16.6. The van der Waals surface area contributed by atoms with Crippen LogP contribution in [0.1, 0.15) is 54.0 Å². The molecule has 0 bridgehead atoms. The number of hydrogen-bond donors (Lipinski definition) is 2. The van der Waals surface area contributed by atoms with Crippen LogP contribution in [0.15, 0.2) is 46.3 Å². The largest absolute Gasteiger partial charge is 0.339 e. The lowest BCUT2D eigenvalue weighted by atomic mass is 10.2. The Kier molecular flexibility index (Phi) is 6.54. The van der Waals surface area contributed by atoms with E-state index in [4.69, 9.17) is 4.52 Å². The number of aromatic nitrogens is 2. The van der Waals surface area contributed by atoms with Crippen LogP contribution in [0, 0.1) is 0 Å². The molecule has 2 aromatic heterocycles. The molecule has 0 saturated carbocycles. The molecule has 0 spiro atoms. The summed E-state index contributed by atoms with van der Waals surface area (Å²) in [6.45, 7) is 4.00. The standard InChI is InChI=1S/C20H22N4O3S/c1-13(2)19-23-18(27-24-19)10-4-9-17(25)21-14-6-3-7-15(12-14)22-20(26)16-8-5-11-28-16/h3,5-8,11-13H,4,9-10H2,1-2H3,(H,21,25)(H,22,26). The molecule has 28 heavy (non-hydrogen) atoms. The van der Waals surface area contributed by atoms with Crippen molar-refractivity contribution in [3.63, 3.8) is 0 Å². The van der Waals surface area contributed by atoms with E-state index < -0.39 is 0 Å². The Hall–Kier alpha value is -3.00. The summed E-state index contributed by atoms with van der Waals surface area (Å²) >= 11 is 1.38. The second kappa shape index (κ2) is 9.27. The van der Waals surface area contributed by atoms with Crippen LogP contribution < -0.4 is 10.6 Å². The minimum absolute atomic E-state index is 0.106. The number of aryl methyl sites for hydroxylation is 1. The zero-order chi connectivity index (χ0) is 19.9. The predicted molar refractivity (Wildman–Crippen MR) is 109 cm³/mol. The summed E-state index contributed by atoms with van der Waals surface area (Å²) < 4.78 is 5.18. The Labute approximate surface area is 167 Å². The molecule has 2 amide bonds. The van der Waals surface area contributed by atoms with Crippen LogP contribution in [-0.4, -0.2) is 22.0 Å². The number of amides is 2. The normalized spacial score (nSPS) is 10.8. The first-order valence-corrected chi connectivity index (χ1v) is 9.96. The van der Waals surface area contributed by atoms with Crippen molar-refractivity contribution in [3.05, 3.63) is 58.4 Å². The number of carbonyl (C=O) groups excluding carboxylic acids is 2. The lowest BCUT2D eigenvalue weighted by Gasteiger charge is -2.08. The first-order chi connectivity index (χ1) is 13.5. The smallest absolute Gasteiger partial charge is 0.265 e. The summed E-state index contributed by atoms with van der Waals surface area (Å²) in [5.41, 5.74) is 1.26. The Bertz CT molecular complexity index is 935.